The second-order valence-corrected chi connectivity index (χ2v) is 7.86. The van der Waals surface area contributed by atoms with Crippen LogP contribution in [0, 0.1) is 0 Å². The number of nitrogens with zero attached hydrogens (tertiary/aromatic N) is 2. The van der Waals surface area contributed by atoms with Gasteiger partial charge in [0, 0.05) is 34.3 Å². The molecule has 0 saturated heterocycles. The van der Waals surface area contributed by atoms with Crippen LogP contribution in [0.1, 0.15) is 0 Å². The lowest BCUT2D eigenvalue weighted by Gasteiger charge is -2.18. The number of ether oxygens (including phenoxy) is 1. The minimum Gasteiger partial charge on any atom is -0.455 e. The summed E-state index contributed by atoms with van der Waals surface area (Å²) in [7, 11) is 0. The molecule has 0 saturated carbocycles. The molecule has 2 aromatic heterocycles. The van der Waals surface area contributed by atoms with E-state index in [1.807, 2.05) is 73.1 Å². The van der Waals surface area contributed by atoms with Crippen LogP contribution in [0.25, 0.3) is 44.1 Å². The quantitative estimate of drug-likeness (QED) is 0.288. The van der Waals surface area contributed by atoms with Crippen LogP contribution in [-0.4, -0.2) is 9.97 Å². The van der Waals surface area contributed by atoms with Crippen LogP contribution in [0.3, 0.4) is 0 Å². The molecule has 0 N–H and O–H groups in total. The van der Waals surface area contributed by atoms with Crippen molar-refractivity contribution in [1.29, 1.82) is 0 Å². The fourth-order valence-corrected chi connectivity index (χ4v) is 4.26. The summed E-state index contributed by atoms with van der Waals surface area (Å²) in [6.45, 7) is 0. The lowest BCUT2D eigenvalue weighted by Crippen LogP contribution is -1.95. The van der Waals surface area contributed by atoms with E-state index >= 15 is 0 Å². The fourth-order valence-electron chi connectivity index (χ4n) is 4.26. The van der Waals surface area contributed by atoms with Crippen LogP contribution in [0.15, 0.2) is 122 Å². The fraction of sp³-hybridized carbons (Fsp3) is 0. The van der Waals surface area contributed by atoms with E-state index < -0.39 is 0 Å². The highest BCUT2D eigenvalue weighted by Crippen LogP contribution is 2.44. The maximum absolute atomic E-state index is 6.90. The van der Waals surface area contributed by atoms with Gasteiger partial charge in [0.15, 0.2) is 0 Å². The molecular weight excluding hydrogens is 404 g/mol. The molecule has 4 aromatic carbocycles. The van der Waals surface area contributed by atoms with E-state index in [1.165, 1.54) is 0 Å². The summed E-state index contributed by atoms with van der Waals surface area (Å²) >= 11 is 0. The Morgan fingerprint density at radius 2 is 0.879 bits per heavy atom. The molecule has 6 aromatic rings. The first-order valence-electron chi connectivity index (χ1n) is 10.9. The molecule has 3 nitrogen and oxygen atoms in total. The molecule has 33 heavy (non-hydrogen) atoms. The van der Waals surface area contributed by atoms with E-state index in [2.05, 4.69) is 58.5 Å². The first-order chi connectivity index (χ1) is 16.4. The highest BCUT2D eigenvalue weighted by Gasteiger charge is 2.18. The average Bonchev–Trinajstić information content (AvgIpc) is 2.90. The van der Waals surface area contributed by atoms with Gasteiger partial charge in [-0.15, -0.1) is 0 Å². The highest BCUT2D eigenvalue weighted by molar-refractivity contribution is 5.98. The molecule has 0 aliphatic carbocycles. The van der Waals surface area contributed by atoms with Crippen LogP contribution < -0.4 is 4.74 Å². The molecule has 0 fully saturated rings. The number of rotatable bonds is 4. The van der Waals surface area contributed by atoms with Crippen molar-refractivity contribution >= 4 is 21.5 Å². The number of pyridine rings is 2. The molecule has 0 bridgehead atoms. The predicted octanol–water partition coefficient (Wildman–Crippen LogP) is 7.91. The van der Waals surface area contributed by atoms with E-state index in [1.54, 1.807) is 0 Å². The summed E-state index contributed by atoms with van der Waals surface area (Å²) in [5.74, 6) is 1.58. The summed E-state index contributed by atoms with van der Waals surface area (Å²) in [6, 6.07) is 36.9. The summed E-state index contributed by atoms with van der Waals surface area (Å²) in [5.41, 5.74) is 3.65. The van der Waals surface area contributed by atoms with Crippen LogP contribution in [0.2, 0.25) is 0 Å². The maximum Gasteiger partial charge on any atom is 0.144 e. The van der Waals surface area contributed by atoms with Crippen molar-refractivity contribution in [2.75, 3.05) is 0 Å². The molecule has 0 radical (unpaired) electrons. The van der Waals surface area contributed by atoms with Gasteiger partial charge in [0.25, 0.3) is 0 Å². The van der Waals surface area contributed by atoms with Crippen LogP contribution in [-0.2, 0) is 0 Å². The van der Waals surface area contributed by atoms with Gasteiger partial charge in [-0.1, -0.05) is 72.8 Å². The lowest BCUT2D eigenvalue weighted by molar-refractivity contribution is 0.497. The van der Waals surface area contributed by atoms with Gasteiger partial charge in [-0.2, -0.15) is 0 Å². The second kappa shape index (κ2) is 8.21. The van der Waals surface area contributed by atoms with E-state index in [9.17, 15) is 0 Å². The Balaban J connectivity index is 1.65. The van der Waals surface area contributed by atoms with Gasteiger partial charge in [0.2, 0.25) is 0 Å². The summed E-state index contributed by atoms with van der Waals surface area (Å²) < 4.78 is 6.90. The van der Waals surface area contributed by atoms with Crippen molar-refractivity contribution < 1.29 is 4.74 Å². The van der Waals surface area contributed by atoms with Crippen LogP contribution in [0.5, 0.6) is 11.5 Å². The summed E-state index contributed by atoms with van der Waals surface area (Å²) in [4.78, 5) is 9.22. The molecule has 156 valence electrons. The zero-order valence-corrected chi connectivity index (χ0v) is 17.8. The predicted molar refractivity (Wildman–Crippen MR) is 134 cm³/mol. The molecular formula is C30H20N2O. The Hall–Kier alpha value is -4.50. The van der Waals surface area contributed by atoms with Gasteiger partial charge in [0.05, 0.1) is 11.4 Å². The van der Waals surface area contributed by atoms with E-state index in [0.717, 1.165) is 55.6 Å². The topological polar surface area (TPSA) is 35.0 Å². The Kier molecular flexibility index (Phi) is 4.78. The zero-order chi connectivity index (χ0) is 22.0. The number of hydrogen-bond acceptors (Lipinski definition) is 3. The lowest BCUT2D eigenvalue weighted by atomic mass is 10.0. The third kappa shape index (κ3) is 3.50. The van der Waals surface area contributed by atoms with Crippen molar-refractivity contribution in [1.82, 2.24) is 9.97 Å². The van der Waals surface area contributed by atoms with Crippen molar-refractivity contribution in [2.45, 2.75) is 0 Å². The standard InChI is InChI=1S/C30H20N2O/c1-3-11-23-21(9-1)15-17-25(27-13-5-7-19-31-27)29(23)33-30-24-12-4-2-10-22(24)16-18-26(30)28-14-6-8-20-32-28/h1-20H. The van der Waals surface area contributed by atoms with E-state index in [-0.39, 0.29) is 0 Å². The first kappa shape index (κ1) is 19.2. The average molecular weight is 425 g/mol. The van der Waals surface area contributed by atoms with Gasteiger partial charge < -0.3 is 4.74 Å². The van der Waals surface area contributed by atoms with Crippen LogP contribution in [0.4, 0.5) is 0 Å². The van der Waals surface area contributed by atoms with E-state index in [0.29, 0.717) is 0 Å². The largest absolute Gasteiger partial charge is 0.455 e. The number of hydrogen-bond donors (Lipinski definition) is 0. The van der Waals surface area contributed by atoms with Gasteiger partial charge in [-0.3, -0.25) is 9.97 Å². The molecule has 0 amide bonds. The molecule has 0 aliphatic heterocycles. The summed E-state index contributed by atoms with van der Waals surface area (Å²) in [6.07, 6.45) is 3.62. The third-order valence-corrected chi connectivity index (χ3v) is 5.85. The molecule has 0 aliphatic rings. The van der Waals surface area contributed by atoms with Gasteiger partial charge >= 0.3 is 0 Å². The normalized spacial score (nSPS) is 11.0. The van der Waals surface area contributed by atoms with Gasteiger partial charge in [-0.05, 0) is 47.2 Å². The first-order valence-corrected chi connectivity index (χ1v) is 10.9. The van der Waals surface area contributed by atoms with Gasteiger partial charge in [-0.25, -0.2) is 0 Å². The smallest absolute Gasteiger partial charge is 0.144 e. The van der Waals surface area contributed by atoms with Crippen molar-refractivity contribution in [3.8, 4) is 34.0 Å². The number of benzene rings is 4. The highest BCUT2D eigenvalue weighted by atomic mass is 16.5. The van der Waals surface area contributed by atoms with Crippen molar-refractivity contribution in [3.05, 3.63) is 122 Å². The third-order valence-electron chi connectivity index (χ3n) is 5.85. The molecule has 6 rings (SSSR count). The van der Waals surface area contributed by atoms with E-state index in [4.69, 9.17) is 4.74 Å². The monoisotopic (exact) mass is 424 g/mol. The molecule has 3 heteroatoms. The summed E-state index contributed by atoms with van der Waals surface area (Å²) in [5, 5.41) is 4.32. The number of aromatic nitrogens is 2. The molecule has 0 spiro atoms. The minimum atomic E-state index is 0.792. The molecule has 2 heterocycles. The molecule has 0 unspecified atom stereocenters. The Morgan fingerprint density at radius 3 is 1.33 bits per heavy atom. The van der Waals surface area contributed by atoms with Gasteiger partial charge in [0.1, 0.15) is 11.5 Å². The number of fused-ring (bicyclic) bond motifs is 2. The zero-order valence-electron chi connectivity index (χ0n) is 17.8. The maximum atomic E-state index is 6.90. The van der Waals surface area contributed by atoms with Crippen molar-refractivity contribution in [3.63, 3.8) is 0 Å². The SMILES string of the molecule is c1ccc(-c2ccc3ccccc3c2Oc2c(-c3ccccn3)ccc3ccccc23)nc1. The second-order valence-electron chi connectivity index (χ2n) is 7.86. The van der Waals surface area contributed by atoms with Crippen LogP contribution >= 0.6 is 0 Å². The Labute approximate surface area is 192 Å². The minimum absolute atomic E-state index is 0.792. The Bertz CT molecular complexity index is 1460. The van der Waals surface area contributed by atoms with Crippen molar-refractivity contribution in [2.24, 2.45) is 0 Å². The Morgan fingerprint density at radius 1 is 0.424 bits per heavy atom. The molecule has 0 atom stereocenters.